The van der Waals surface area contributed by atoms with Crippen molar-refractivity contribution in [2.24, 2.45) is 17.8 Å². The maximum absolute atomic E-state index is 12.5. The predicted octanol–water partition coefficient (Wildman–Crippen LogP) is 1.64. The molecule has 4 heteroatoms. The number of urea groups is 1. The molecule has 3 fully saturated rings. The van der Waals surface area contributed by atoms with Crippen molar-refractivity contribution in [1.82, 2.24) is 9.80 Å². The Bertz CT molecular complexity index is 670. The van der Waals surface area contributed by atoms with E-state index in [4.69, 9.17) is 0 Å². The van der Waals surface area contributed by atoms with Gasteiger partial charge in [0.05, 0.1) is 12.0 Å². The van der Waals surface area contributed by atoms with Crippen LogP contribution < -0.4 is 0 Å². The van der Waals surface area contributed by atoms with Gasteiger partial charge in [0.2, 0.25) is 5.91 Å². The maximum atomic E-state index is 12.5. The number of hydrogen-bond donors (Lipinski definition) is 0. The predicted molar refractivity (Wildman–Crippen MR) is 72.1 cm³/mol. The molecule has 4 nitrogen and oxygen atoms in total. The molecule has 3 amide bonds. The first kappa shape index (κ1) is 10.9. The molecule has 1 aromatic carbocycles. The number of likely N-dealkylation sites (N-methyl/N-ethyl adjacent to an activating group) is 1. The molecular formula is C16H16N2O2. The van der Waals surface area contributed by atoms with Gasteiger partial charge in [-0.05, 0) is 28.9 Å². The molecule has 2 saturated carbocycles. The molecule has 1 aromatic rings. The lowest BCUT2D eigenvalue weighted by Crippen LogP contribution is -2.59. The van der Waals surface area contributed by atoms with Crippen molar-refractivity contribution in [3.63, 3.8) is 0 Å². The standard InChI is InChI=1S/C16H16N2O2/c1-17-14-10-8-6-4-3-5-7(8)9-11(10)12(9)13(14)15(19)18(2)16(17)20/h3-6,9-14H,1-2H3. The number of amides is 3. The average molecular weight is 268 g/mol. The van der Waals surface area contributed by atoms with Crippen molar-refractivity contribution in [1.29, 1.82) is 0 Å². The summed E-state index contributed by atoms with van der Waals surface area (Å²) in [5.41, 5.74) is 2.81. The second kappa shape index (κ2) is 3.08. The van der Waals surface area contributed by atoms with Crippen molar-refractivity contribution in [2.45, 2.75) is 17.9 Å². The Kier molecular flexibility index (Phi) is 1.68. The highest BCUT2D eigenvalue weighted by Crippen LogP contribution is 2.77. The van der Waals surface area contributed by atoms with Crippen LogP contribution in [-0.4, -0.2) is 41.9 Å². The van der Waals surface area contributed by atoms with Crippen LogP contribution >= 0.6 is 0 Å². The Balaban J connectivity index is 1.68. The SMILES string of the molecule is CN1C(=O)C2C3C4c5ccccc5C(C43)C2N(C)C1=O. The summed E-state index contributed by atoms with van der Waals surface area (Å²) in [5.74, 6) is 2.04. The van der Waals surface area contributed by atoms with E-state index in [1.165, 1.54) is 16.0 Å². The zero-order chi connectivity index (χ0) is 13.8. The molecule has 6 unspecified atom stereocenters. The second-order valence-corrected chi connectivity index (χ2v) is 6.64. The van der Waals surface area contributed by atoms with Crippen LogP contribution in [0.3, 0.4) is 0 Å². The van der Waals surface area contributed by atoms with Crippen molar-refractivity contribution < 1.29 is 9.59 Å². The summed E-state index contributed by atoms with van der Waals surface area (Å²) in [4.78, 5) is 27.9. The third-order valence-electron chi connectivity index (χ3n) is 6.06. The Labute approximate surface area is 117 Å². The van der Waals surface area contributed by atoms with Crippen LogP contribution in [-0.2, 0) is 4.79 Å². The van der Waals surface area contributed by atoms with Gasteiger partial charge >= 0.3 is 6.03 Å². The number of hydrogen-bond acceptors (Lipinski definition) is 2. The molecule has 0 bridgehead atoms. The fourth-order valence-electron chi connectivity index (χ4n) is 5.36. The minimum atomic E-state index is -0.154. The molecule has 0 N–H and O–H groups in total. The Morgan fingerprint density at radius 1 is 0.900 bits per heavy atom. The van der Waals surface area contributed by atoms with E-state index in [0.29, 0.717) is 23.7 Å². The minimum absolute atomic E-state index is 0.00935. The molecule has 6 atom stereocenters. The molecule has 1 heterocycles. The van der Waals surface area contributed by atoms with Crippen molar-refractivity contribution in [2.75, 3.05) is 14.1 Å². The lowest BCUT2D eigenvalue weighted by atomic mass is 9.86. The number of rotatable bonds is 0. The molecular weight excluding hydrogens is 252 g/mol. The fourth-order valence-corrected chi connectivity index (χ4v) is 5.36. The molecule has 5 rings (SSSR count). The minimum Gasteiger partial charge on any atom is -0.323 e. The van der Waals surface area contributed by atoms with E-state index in [2.05, 4.69) is 24.3 Å². The maximum Gasteiger partial charge on any atom is 0.326 e. The zero-order valence-corrected chi connectivity index (χ0v) is 11.5. The highest BCUT2D eigenvalue weighted by atomic mass is 16.2. The Morgan fingerprint density at radius 2 is 1.50 bits per heavy atom. The summed E-state index contributed by atoms with van der Waals surface area (Å²) < 4.78 is 0. The first-order valence-electron chi connectivity index (χ1n) is 7.26. The quantitative estimate of drug-likeness (QED) is 0.717. The first-order chi connectivity index (χ1) is 9.63. The molecule has 3 aliphatic carbocycles. The molecule has 1 aliphatic heterocycles. The molecule has 0 radical (unpaired) electrons. The van der Waals surface area contributed by atoms with E-state index in [-0.39, 0.29) is 23.9 Å². The average Bonchev–Trinajstić information content (AvgIpc) is 2.98. The summed E-state index contributed by atoms with van der Waals surface area (Å²) in [6.45, 7) is 0. The van der Waals surface area contributed by atoms with Crippen LogP contribution in [0.5, 0.6) is 0 Å². The van der Waals surface area contributed by atoms with Crippen molar-refractivity contribution >= 4 is 11.9 Å². The monoisotopic (exact) mass is 268 g/mol. The van der Waals surface area contributed by atoms with Gasteiger partial charge in [-0.25, -0.2) is 4.79 Å². The molecule has 0 aromatic heterocycles. The topological polar surface area (TPSA) is 40.6 Å². The van der Waals surface area contributed by atoms with E-state index in [0.717, 1.165) is 0 Å². The van der Waals surface area contributed by atoms with Crippen LogP contribution in [0.25, 0.3) is 0 Å². The van der Waals surface area contributed by atoms with Crippen LogP contribution in [0, 0.1) is 17.8 Å². The summed E-state index contributed by atoms with van der Waals surface area (Å²) in [6, 6.07) is 8.47. The highest BCUT2D eigenvalue weighted by molar-refractivity contribution is 5.99. The molecule has 1 saturated heterocycles. The molecule has 20 heavy (non-hydrogen) atoms. The number of fused-ring (bicyclic) bond motifs is 7. The smallest absolute Gasteiger partial charge is 0.323 e. The van der Waals surface area contributed by atoms with Crippen LogP contribution in [0.1, 0.15) is 23.0 Å². The van der Waals surface area contributed by atoms with Gasteiger partial charge in [-0.15, -0.1) is 0 Å². The summed E-state index contributed by atoms with van der Waals surface area (Å²) in [7, 11) is 3.46. The van der Waals surface area contributed by atoms with Gasteiger partial charge < -0.3 is 4.90 Å². The summed E-state index contributed by atoms with van der Waals surface area (Å²) >= 11 is 0. The fraction of sp³-hybridized carbons (Fsp3) is 0.500. The van der Waals surface area contributed by atoms with Crippen LogP contribution in [0.15, 0.2) is 24.3 Å². The summed E-state index contributed by atoms with van der Waals surface area (Å²) in [6.07, 6.45) is 0. The van der Waals surface area contributed by atoms with Gasteiger partial charge in [0, 0.05) is 20.0 Å². The van der Waals surface area contributed by atoms with Crippen LogP contribution in [0.4, 0.5) is 4.79 Å². The van der Waals surface area contributed by atoms with Gasteiger partial charge in [-0.2, -0.15) is 0 Å². The Hall–Kier alpha value is -1.84. The van der Waals surface area contributed by atoms with Gasteiger partial charge in [0.15, 0.2) is 0 Å². The van der Waals surface area contributed by atoms with Crippen LogP contribution in [0.2, 0.25) is 0 Å². The molecule has 4 aliphatic rings. The molecule has 102 valence electrons. The first-order valence-corrected chi connectivity index (χ1v) is 7.26. The second-order valence-electron chi connectivity index (χ2n) is 6.64. The zero-order valence-electron chi connectivity index (χ0n) is 11.5. The van der Waals surface area contributed by atoms with Gasteiger partial charge in [-0.1, -0.05) is 24.3 Å². The number of benzene rings is 1. The van der Waals surface area contributed by atoms with Gasteiger partial charge in [0.25, 0.3) is 0 Å². The van der Waals surface area contributed by atoms with E-state index in [9.17, 15) is 9.59 Å². The third-order valence-corrected chi connectivity index (χ3v) is 6.06. The molecule has 0 spiro atoms. The highest BCUT2D eigenvalue weighted by Gasteiger charge is 2.75. The lowest BCUT2D eigenvalue weighted by molar-refractivity contribution is -0.137. The number of carbonyl (C=O) groups excluding carboxylic acids is 2. The van der Waals surface area contributed by atoms with E-state index in [1.54, 1.807) is 7.05 Å². The lowest BCUT2D eigenvalue weighted by Gasteiger charge is -2.41. The number of carbonyl (C=O) groups is 2. The number of imide groups is 1. The van der Waals surface area contributed by atoms with E-state index in [1.807, 2.05) is 11.9 Å². The van der Waals surface area contributed by atoms with Gasteiger partial charge in [0.1, 0.15) is 0 Å². The van der Waals surface area contributed by atoms with E-state index < -0.39 is 0 Å². The Morgan fingerprint density at radius 3 is 2.20 bits per heavy atom. The van der Waals surface area contributed by atoms with E-state index >= 15 is 0 Å². The third kappa shape index (κ3) is 0.931. The number of nitrogens with zero attached hydrogens (tertiary/aromatic N) is 2. The van der Waals surface area contributed by atoms with Crippen molar-refractivity contribution in [3.8, 4) is 0 Å². The van der Waals surface area contributed by atoms with Crippen molar-refractivity contribution in [3.05, 3.63) is 35.4 Å². The van der Waals surface area contributed by atoms with Gasteiger partial charge in [-0.3, -0.25) is 9.69 Å². The summed E-state index contributed by atoms with van der Waals surface area (Å²) in [5, 5.41) is 0. The largest absolute Gasteiger partial charge is 0.326 e. The normalized spacial score (nSPS) is 43.5.